The number of nitrogens with one attached hydrogen (secondary N) is 3. The second kappa shape index (κ2) is 9.16. The van der Waals surface area contributed by atoms with E-state index >= 15 is 0 Å². The van der Waals surface area contributed by atoms with Gasteiger partial charge in [0.2, 0.25) is 5.88 Å². The van der Waals surface area contributed by atoms with Gasteiger partial charge in [0.05, 0.1) is 5.56 Å². The molecule has 0 saturated heterocycles. The molecule has 2 aromatic carbocycles. The summed E-state index contributed by atoms with van der Waals surface area (Å²) in [5, 5.41) is 9.37. The highest BCUT2D eigenvalue weighted by atomic mass is 32.1. The highest BCUT2D eigenvalue weighted by Gasteiger charge is 2.06. The number of thiocarbonyl (C=S) groups is 1. The first kappa shape index (κ1) is 20.3. The van der Waals surface area contributed by atoms with Crippen molar-refractivity contribution in [2.24, 2.45) is 0 Å². The van der Waals surface area contributed by atoms with Gasteiger partial charge in [-0.25, -0.2) is 4.98 Å². The average Bonchev–Trinajstić information content (AvgIpc) is 2.71. The maximum atomic E-state index is 11.6. The number of hydrogen-bond donors (Lipinski definition) is 3. The van der Waals surface area contributed by atoms with Crippen molar-refractivity contribution in [3.05, 3.63) is 77.5 Å². The number of pyridine rings is 1. The van der Waals surface area contributed by atoms with Crippen LogP contribution in [0.2, 0.25) is 0 Å². The van der Waals surface area contributed by atoms with E-state index in [2.05, 4.69) is 46.9 Å². The Morgan fingerprint density at radius 1 is 0.966 bits per heavy atom. The minimum Gasteiger partial charge on any atom is -0.439 e. The third-order valence-corrected chi connectivity index (χ3v) is 4.51. The van der Waals surface area contributed by atoms with Gasteiger partial charge in [0.1, 0.15) is 5.75 Å². The Kier molecular flexibility index (Phi) is 6.41. The van der Waals surface area contributed by atoms with E-state index in [0.29, 0.717) is 22.3 Å². The lowest BCUT2D eigenvalue weighted by atomic mass is 10.1. The van der Waals surface area contributed by atoms with Crippen LogP contribution >= 0.6 is 12.2 Å². The molecule has 1 amide bonds. The van der Waals surface area contributed by atoms with Crippen LogP contribution in [-0.4, -0.2) is 23.1 Å². The highest BCUT2D eigenvalue weighted by molar-refractivity contribution is 7.80. The lowest BCUT2D eigenvalue weighted by molar-refractivity contribution is 0.0962. The molecule has 0 atom stereocenters. The smallest absolute Gasteiger partial charge is 0.252 e. The molecule has 3 rings (SSSR count). The Labute approximate surface area is 175 Å². The number of anilines is 2. The third-order valence-electron chi connectivity index (χ3n) is 4.30. The van der Waals surface area contributed by atoms with Gasteiger partial charge < -0.3 is 20.7 Å². The Bertz CT molecular complexity index is 1040. The molecule has 29 heavy (non-hydrogen) atoms. The lowest BCUT2D eigenvalue weighted by Gasteiger charge is -2.13. The molecule has 0 bridgehead atoms. The van der Waals surface area contributed by atoms with Crippen LogP contribution in [0.4, 0.5) is 11.4 Å². The van der Waals surface area contributed by atoms with Gasteiger partial charge in [-0.15, -0.1) is 0 Å². The van der Waals surface area contributed by atoms with Gasteiger partial charge in [-0.1, -0.05) is 12.1 Å². The fourth-order valence-corrected chi connectivity index (χ4v) is 2.83. The summed E-state index contributed by atoms with van der Waals surface area (Å²) in [7, 11) is 1.57. The van der Waals surface area contributed by atoms with Crippen molar-refractivity contribution in [1.82, 2.24) is 10.3 Å². The van der Waals surface area contributed by atoms with Crippen molar-refractivity contribution in [1.29, 1.82) is 0 Å². The SMILES string of the molecule is CNC(=O)c1ccc(Oc2cccc(NC(=S)Nc3ccc(C)c(C)c3)c2)nc1. The normalized spacial score (nSPS) is 10.2. The van der Waals surface area contributed by atoms with E-state index in [1.807, 2.05) is 30.3 Å². The molecule has 0 aliphatic rings. The summed E-state index contributed by atoms with van der Waals surface area (Å²) < 4.78 is 5.77. The predicted octanol–water partition coefficient (Wildman–Crippen LogP) is 4.66. The summed E-state index contributed by atoms with van der Waals surface area (Å²) in [6.07, 6.45) is 1.47. The first-order chi connectivity index (χ1) is 13.9. The topological polar surface area (TPSA) is 75.3 Å². The summed E-state index contributed by atoms with van der Waals surface area (Å²) in [5.74, 6) is 0.801. The van der Waals surface area contributed by atoms with Crippen LogP contribution in [-0.2, 0) is 0 Å². The zero-order valence-corrected chi connectivity index (χ0v) is 17.3. The van der Waals surface area contributed by atoms with E-state index in [1.54, 1.807) is 19.2 Å². The van der Waals surface area contributed by atoms with Gasteiger partial charge in [0.25, 0.3) is 5.91 Å². The molecule has 3 aromatic rings. The van der Waals surface area contributed by atoms with Crippen molar-refractivity contribution in [3.8, 4) is 11.6 Å². The Morgan fingerprint density at radius 2 is 1.72 bits per heavy atom. The maximum absolute atomic E-state index is 11.6. The molecule has 7 heteroatoms. The Balaban J connectivity index is 1.63. The molecule has 0 aliphatic carbocycles. The van der Waals surface area contributed by atoms with E-state index in [9.17, 15) is 4.79 Å². The highest BCUT2D eigenvalue weighted by Crippen LogP contribution is 2.23. The lowest BCUT2D eigenvalue weighted by Crippen LogP contribution is -2.19. The molecular formula is C22H22N4O2S. The van der Waals surface area contributed by atoms with Crippen molar-refractivity contribution in [3.63, 3.8) is 0 Å². The number of carbonyl (C=O) groups is 1. The monoisotopic (exact) mass is 406 g/mol. The van der Waals surface area contributed by atoms with Gasteiger partial charge in [0.15, 0.2) is 5.11 Å². The van der Waals surface area contributed by atoms with Crippen molar-refractivity contribution >= 4 is 34.6 Å². The van der Waals surface area contributed by atoms with Crippen molar-refractivity contribution in [2.45, 2.75) is 13.8 Å². The van der Waals surface area contributed by atoms with Crippen LogP contribution in [0.1, 0.15) is 21.5 Å². The molecule has 0 unspecified atom stereocenters. The Hall–Kier alpha value is -3.45. The van der Waals surface area contributed by atoms with Crippen LogP contribution in [0, 0.1) is 13.8 Å². The van der Waals surface area contributed by atoms with Gasteiger partial charge >= 0.3 is 0 Å². The number of ether oxygens (including phenoxy) is 1. The molecule has 0 radical (unpaired) electrons. The van der Waals surface area contributed by atoms with Crippen LogP contribution < -0.4 is 20.7 Å². The van der Waals surface area contributed by atoms with E-state index in [4.69, 9.17) is 17.0 Å². The molecule has 3 N–H and O–H groups in total. The molecule has 0 aliphatic heterocycles. The van der Waals surface area contributed by atoms with Crippen molar-refractivity contribution in [2.75, 3.05) is 17.7 Å². The van der Waals surface area contributed by atoms with Gasteiger partial charge in [-0.05, 0) is 67.5 Å². The first-order valence-corrected chi connectivity index (χ1v) is 9.47. The van der Waals surface area contributed by atoms with E-state index in [1.165, 1.54) is 17.3 Å². The number of carbonyl (C=O) groups excluding carboxylic acids is 1. The minimum atomic E-state index is -0.194. The van der Waals surface area contributed by atoms with Gasteiger partial charge in [-0.3, -0.25) is 4.79 Å². The van der Waals surface area contributed by atoms with E-state index in [-0.39, 0.29) is 5.91 Å². The number of aromatic nitrogens is 1. The van der Waals surface area contributed by atoms with E-state index in [0.717, 1.165) is 11.4 Å². The van der Waals surface area contributed by atoms with Crippen LogP contribution in [0.25, 0.3) is 0 Å². The van der Waals surface area contributed by atoms with Crippen LogP contribution in [0.15, 0.2) is 60.8 Å². The number of amides is 1. The molecule has 1 aromatic heterocycles. The number of benzene rings is 2. The molecule has 6 nitrogen and oxygen atoms in total. The zero-order chi connectivity index (χ0) is 20.8. The van der Waals surface area contributed by atoms with Gasteiger partial charge in [-0.2, -0.15) is 0 Å². The summed E-state index contributed by atoms with van der Waals surface area (Å²) in [6, 6.07) is 16.8. The quantitative estimate of drug-likeness (QED) is 0.535. The summed E-state index contributed by atoms with van der Waals surface area (Å²) in [4.78, 5) is 15.7. The third kappa shape index (κ3) is 5.52. The van der Waals surface area contributed by atoms with Crippen LogP contribution in [0.3, 0.4) is 0 Å². The molecular weight excluding hydrogens is 384 g/mol. The molecule has 0 saturated carbocycles. The zero-order valence-electron chi connectivity index (χ0n) is 16.4. The number of nitrogens with zero attached hydrogens (tertiary/aromatic N) is 1. The predicted molar refractivity (Wildman–Crippen MR) is 120 cm³/mol. The van der Waals surface area contributed by atoms with Crippen molar-refractivity contribution < 1.29 is 9.53 Å². The number of hydrogen-bond acceptors (Lipinski definition) is 4. The maximum Gasteiger partial charge on any atom is 0.252 e. The molecule has 1 heterocycles. The standard InChI is InChI=1S/C22H22N4O2S/c1-14-7-9-18(11-15(14)2)26-22(29)25-17-5-4-6-19(12-17)28-20-10-8-16(13-24-20)21(27)23-3/h4-13H,1-3H3,(H,23,27)(H2,25,26,29). The minimum absolute atomic E-state index is 0.194. The van der Waals surface area contributed by atoms with Crippen LogP contribution in [0.5, 0.6) is 11.6 Å². The fraction of sp³-hybridized carbons (Fsp3) is 0.136. The first-order valence-electron chi connectivity index (χ1n) is 9.06. The molecule has 148 valence electrons. The molecule has 0 fully saturated rings. The van der Waals surface area contributed by atoms with Gasteiger partial charge in [0, 0.05) is 36.8 Å². The summed E-state index contributed by atoms with van der Waals surface area (Å²) in [5.41, 5.74) is 4.61. The summed E-state index contributed by atoms with van der Waals surface area (Å²) >= 11 is 5.40. The average molecular weight is 407 g/mol. The fourth-order valence-electron chi connectivity index (χ4n) is 2.59. The largest absolute Gasteiger partial charge is 0.439 e. The second-order valence-electron chi connectivity index (χ2n) is 6.47. The second-order valence-corrected chi connectivity index (χ2v) is 6.88. The van der Waals surface area contributed by atoms with E-state index < -0.39 is 0 Å². The summed E-state index contributed by atoms with van der Waals surface area (Å²) in [6.45, 7) is 4.13. The number of aryl methyl sites for hydroxylation is 2. The Morgan fingerprint density at radius 3 is 2.38 bits per heavy atom. The number of rotatable bonds is 5. The molecule has 0 spiro atoms.